The van der Waals surface area contributed by atoms with E-state index in [2.05, 4.69) is 16.0 Å². The molecule has 13 heteroatoms. The van der Waals surface area contributed by atoms with Gasteiger partial charge in [-0.3, -0.25) is 24.0 Å². The minimum absolute atomic E-state index is 0.0292. The van der Waals surface area contributed by atoms with E-state index in [-0.39, 0.29) is 12.8 Å². The summed E-state index contributed by atoms with van der Waals surface area (Å²) in [6, 6.07) is -3.92. The summed E-state index contributed by atoms with van der Waals surface area (Å²) in [5.74, 6) is -6.48. The highest BCUT2D eigenvalue weighted by Crippen LogP contribution is 2.03. The Bertz CT molecular complexity index is 651. The largest absolute Gasteiger partial charge is 0.481 e. The molecular weight excluding hydrogens is 390 g/mol. The van der Waals surface area contributed by atoms with Crippen LogP contribution in [0.15, 0.2) is 0 Å². The van der Waals surface area contributed by atoms with Crippen LogP contribution in [-0.4, -0.2) is 70.5 Å². The maximum atomic E-state index is 12.2. The number of aliphatic carboxylic acids is 2. The average Bonchev–Trinajstić information content (AvgIpc) is 2.60. The molecule has 0 aliphatic heterocycles. The van der Waals surface area contributed by atoms with Gasteiger partial charge in [0.05, 0.1) is 19.0 Å². The van der Waals surface area contributed by atoms with Crippen LogP contribution in [0.1, 0.15) is 33.1 Å². The van der Waals surface area contributed by atoms with Gasteiger partial charge >= 0.3 is 11.9 Å². The molecule has 9 N–H and O–H groups in total. The molecule has 0 aromatic heterocycles. The monoisotopic (exact) mass is 417 g/mol. The number of carboxylic acid groups (broad SMARTS) is 2. The van der Waals surface area contributed by atoms with E-state index in [4.69, 9.17) is 21.7 Å². The van der Waals surface area contributed by atoms with Gasteiger partial charge in [-0.25, -0.2) is 4.79 Å². The third kappa shape index (κ3) is 10.6. The number of carbonyl (C=O) groups is 6. The molecule has 0 aliphatic carbocycles. The normalized spacial score (nSPS) is 13.7. The lowest BCUT2D eigenvalue weighted by molar-refractivity contribution is -0.144. The van der Waals surface area contributed by atoms with Crippen molar-refractivity contribution in [1.29, 1.82) is 0 Å². The predicted molar refractivity (Wildman–Crippen MR) is 98.0 cm³/mol. The number of carbonyl (C=O) groups excluding carboxylic acids is 4. The lowest BCUT2D eigenvalue weighted by atomic mass is 10.0. The number of carboxylic acids is 2. The number of nitrogens with two attached hydrogens (primary N) is 2. The fourth-order valence-electron chi connectivity index (χ4n) is 2.12. The standard InChI is InChI=1S/C16H27N5O8/c1-7(2)13(16(28)29)21-15(27)9(5-12(24)25)20-11(23)6-19-14(26)8(17)3-4-10(18)22/h7-9,13H,3-6,17H2,1-2H3,(H2,18,22)(H,19,26)(H,20,23)(H,21,27)(H,24,25)(H,28,29). The summed E-state index contributed by atoms with van der Waals surface area (Å²) in [6.07, 6.45) is -0.949. The van der Waals surface area contributed by atoms with Crippen molar-refractivity contribution in [2.75, 3.05) is 6.54 Å². The van der Waals surface area contributed by atoms with Crippen LogP contribution < -0.4 is 27.4 Å². The molecule has 3 unspecified atom stereocenters. The zero-order valence-corrected chi connectivity index (χ0v) is 16.1. The smallest absolute Gasteiger partial charge is 0.326 e. The first-order valence-corrected chi connectivity index (χ1v) is 8.71. The zero-order valence-electron chi connectivity index (χ0n) is 16.1. The van der Waals surface area contributed by atoms with E-state index < -0.39 is 72.6 Å². The molecule has 29 heavy (non-hydrogen) atoms. The molecule has 0 radical (unpaired) electrons. The van der Waals surface area contributed by atoms with E-state index in [0.717, 1.165) is 0 Å². The van der Waals surface area contributed by atoms with Gasteiger partial charge in [0, 0.05) is 6.42 Å². The van der Waals surface area contributed by atoms with Gasteiger partial charge in [-0.2, -0.15) is 0 Å². The Balaban J connectivity index is 4.84. The van der Waals surface area contributed by atoms with Crippen molar-refractivity contribution in [2.45, 2.75) is 51.2 Å². The minimum Gasteiger partial charge on any atom is -0.481 e. The van der Waals surface area contributed by atoms with Crippen LogP contribution in [0, 0.1) is 5.92 Å². The first kappa shape index (κ1) is 25.8. The summed E-state index contributed by atoms with van der Waals surface area (Å²) in [7, 11) is 0. The molecule has 13 nitrogen and oxygen atoms in total. The van der Waals surface area contributed by atoms with Crippen molar-refractivity contribution in [1.82, 2.24) is 16.0 Å². The van der Waals surface area contributed by atoms with Gasteiger partial charge < -0.3 is 37.6 Å². The van der Waals surface area contributed by atoms with E-state index >= 15 is 0 Å². The third-order valence-electron chi connectivity index (χ3n) is 3.72. The molecule has 0 bridgehead atoms. The number of hydrogen-bond acceptors (Lipinski definition) is 7. The Hall–Kier alpha value is -3.22. The molecule has 0 aromatic rings. The Morgan fingerprint density at radius 2 is 1.55 bits per heavy atom. The Labute approximate surface area is 166 Å². The second-order valence-corrected chi connectivity index (χ2v) is 6.62. The zero-order chi connectivity index (χ0) is 22.7. The van der Waals surface area contributed by atoms with Crippen molar-refractivity contribution in [3.63, 3.8) is 0 Å². The summed E-state index contributed by atoms with van der Waals surface area (Å²) < 4.78 is 0. The number of hydrogen-bond donors (Lipinski definition) is 7. The van der Waals surface area contributed by atoms with Crippen molar-refractivity contribution in [2.24, 2.45) is 17.4 Å². The highest BCUT2D eigenvalue weighted by atomic mass is 16.4. The second kappa shape index (κ2) is 12.3. The van der Waals surface area contributed by atoms with Gasteiger partial charge in [-0.05, 0) is 12.3 Å². The third-order valence-corrected chi connectivity index (χ3v) is 3.72. The molecular formula is C16H27N5O8. The van der Waals surface area contributed by atoms with Crippen molar-refractivity contribution >= 4 is 35.6 Å². The number of nitrogens with one attached hydrogen (secondary N) is 3. The van der Waals surface area contributed by atoms with E-state index in [0.29, 0.717) is 0 Å². The molecule has 0 saturated heterocycles. The van der Waals surface area contributed by atoms with Crippen LogP contribution in [0.5, 0.6) is 0 Å². The topological polar surface area (TPSA) is 231 Å². The van der Waals surface area contributed by atoms with Crippen molar-refractivity contribution in [3.05, 3.63) is 0 Å². The maximum absolute atomic E-state index is 12.2. The Kier molecular flexibility index (Phi) is 10.9. The summed E-state index contributed by atoms with van der Waals surface area (Å²) in [4.78, 5) is 68.7. The predicted octanol–water partition coefficient (Wildman–Crippen LogP) is -3.12. The molecule has 0 spiro atoms. The summed E-state index contributed by atoms with van der Waals surface area (Å²) >= 11 is 0. The van der Waals surface area contributed by atoms with Gasteiger partial charge in [0.15, 0.2) is 0 Å². The van der Waals surface area contributed by atoms with Crippen LogP contribution in [0.4, 0.5) is 0 Å². The SMILES string of the molecule is CC(C)C(NC(=O)C(CC(=O)O)NC(=O)CNC(=O)C(N)CCC(N)=O)C(=O)O. The quantitative estimate of drug-likeness (QED) is 0.160. The lowest BCUT2D eigenvalue weighted by Crippen LogP contribution is -2.55. The molecule has 3 atom stereocenters. The van der Waals surface area contributed by atoms with Gasteiger partial charge in [0.2, 0.25) is 23.6 Å². The summed E-state index contributed by atoms with van der Waals surface area (Å²) in [5.41, 5.74) is 10.5. The molecule has 0 heterocycles. The highest BCUT2D eigenvalue weighted by Gasteiger charge is 2.30. The molecule has 0 aliphatic rings. The fraction of sp³-hybridized carbons (Fsp3) is 0.625. The van der Waals surface area contributed by atoms with Crippen molar-refractivity contribution < 1.29 is 39.0 Å². The van der Waals surface area contributed by atoms with Crippen LogP contribution in [-0.2, 0) is 28.8 Å². The minimum atomic E-state index is -1.55. The van der Waals surface area contributed by atoms with Gasteiger partial charge in [-0.1, -0.05) is 13.8 Å². The van der Waals surface area contributed by atoms with Crippen molar-refractivity contribution in [3.8, 4) is 0 Å². The van der Waals surface area contributed by atoms with Gasteiger partial charge in [-0.15, -0.1) is 0 Å². The van der Waals surface area contributed by atoms with Crippen LogP contribution in [0.3, 0.4) is 0 Å². The van der Waals surface area contributed by atoms with Crippen LogP contribution >= 0.6 is 0 Å². The van der Waals surface area contributed by atoms with E-state index in [1.807, 2.05) is 0 Å². The Morgan fingerprint density at radius 1 is 0.966 bits per heavy atom. The average molecular weight is 417 g/mol. The number of primary amides is 1. The Morgan fingerprint density at radius 3 is 2.00 bits per heavy atom. The van der Waals surface area contributed by atoms with Crippen LogP contribution in [0.25, 0.3) is 0 Å². The first-order valence-electron chi connectivity index (χ1n) is 8.71. The van der Waals surface area contributed by atoms with E-state index in [9.17, 15) is 28.8 Å². The second-order valence-electron chi connectivity index (χ2n) is 6.62. The number of rotatable bonds is 13. The summed E-state index contributed by atoms with van der Waals surface area (Å²) in [6.45, 7) is 2.47. The van der Waals surface area contributed by atoms with Crippen LogP contribution in [0.2, 0.25) is 0 Å². The molecule has 0 aromatic carbocycles. The molecule has 4 amide bonds. The lowest BCUT2D eigenvalue weighted by Gasteiger charge is -2.22. The fourth-order valence-corrected chi connectivity index (χ4v) is 2.12. The summed E-state index contributed by atoms with van der Waals surface area (Å²) in [5, 5.41) is 24.5. The van der Waals surface area contributed by atoms with E-state index in [1.54, 1.807) is 13.8 Å². The highest BCUT2D eigenvalue weighted by molar-refractivity contribution is 5.94. The first-order chi connectivity index (χ1) is 13.3. The molecule has 0 fully saturated rings. The van der Waals surface area contributed by atoms with Gasteiger partial charge in [0.1, 0.15) is 12.1 Å². The molecule has 164 valence electrons. The molecule has 0 saturated carbocycles. The number of amides is 4. The maximum Gasteiger partial charge on any atom is 0.326 e. The van der Waals surface area contributed by atoms with Gasteiger partial charge in [0.25, 0.3) is 0 Å². The van der Waals surface area contributed by atoms with E-state index in [1.165, 1.54) is 0 Å². The molecule has 0 rings (SSSR count).